The van der Waals surface area contributed by atoms with Crippen LogP contribution in [0.2, 0.25) is 0 Å². The van der Waals surface area contributed by atoms with Crippen LogP contribution in [-0.2, 0) is 14.3 Å². The maximum absolute atomic E-state index is 12.5. The molecule has 0 bridgehead atoms. The van der Waals surface area contributed by atoms with E-state index in [1.54, 1.807) is 0 Å². The second-order valence-electron chi connectivity index (χ2n) is 4.69. The Bertz CT molecular complexity index is 396. The summed E-state index contributed by atoms with van der Waals surface area (Å²) in [6, 6.07) is 1.26. The number of hydrogen-bond donors (Lipinski definition) is 1. The molecule has 2 amide bonds. The Morgan fingerprint density at radius 1 is 1.52 bits per heavy atom. The van der Waals surface area contributed by atoms with Gasteiger partial charge >= 0.3 is 12.0 Å². The molecule has 1 N–H and O–H groups in total. The summed E-state index contributed by atoms with van der Waals surface area (Å²) in [6.07, 6.45) is 0.0749. The summed E-state index contributed by atoms with van der Waals surface area (Å²) in [4.78, 5) is 26.5. The lowest BCUT2D eigenvalue weighted by molar-refractivity contribution is -0.139. The first-order valence-electron chi connectivity index (χ1n) is 6.81. The summed E-state index contributed by atoms with van der Waals surface area (Å²) in [6.45, 7) is 1.99. The number of amides is 2. The first-order valence-corrected chi connectivity index (χ1v) is 6.81. The van der Waals surface area contributed by atoms with Crippen molar-refractivity contribution >= 4 is 12.0 Å². The van der Waals surface area contributed by atoms with E-state index < -0.39 is 12.0 Å². The Labute approximate surface area is 123 Å². The Balaban J connectivity index is 2.72. The number of hydrogen-bond acceptors (Lipinski definition) is 5. The number of nitriles is 1. The number of nitrogens with zero attached hydrogens (tertiary/aromatic N) is 3. The highest BCUT2D eigenvalue weighted by molar-refractivity contribution is 5.76. The van der Waals surface area contributed by atoms with Crippen LogP contribution in [-0.4, -0.2) is 79.5 Å². The predicted octanol–water partition coefficient (Wildman–Crippen LogP) is 0.144. The molecule has 0 aromatic rings. The van der Waals surface area contributed by atoms with Gasteiger partial charge in [-0.05, 0) is 0 Å². The van der Waals surface area contributed by atoms with Crippen LogP contribution in [0.3, 0.4) is 0 Å². The molecule has 0 saturated carbocycles. The van der Waals surface area contributed by atoms with Crippen LogP contribution in [0.15, 0.2) is 0 Å². The van der Waals surface area contributed by atoms with E-state index in [9.17, 15) is 9.59 Å². The molecule has 0 aromatic heterocycles. The fourth-order valence-corrected chi connectivity index (χ4v) is 2.15. The van der Waals surface area contributed by atoms with E-state index in [0.29, 0.717) is 32.8 Å². The SMILES string of the molecule is COCCN(CCC#N)C(=O)N1CCOCC1CC(=O)O. The number of aliphatic carboxylic acids is 1. The first kappa shape index (κ1) is 17.2. The summed E-state index contributed by atoms with van der Waals surface area (Å²) in [5.74, 6) is -0.969. The number of carboxylic acid groups (broad SMARTS) is 1. The van der Waals surface area contributed by atoms with Crippen LogP contribution in [0.4, 0.5) is 4.79 Å². The van der Waals surface area contributed by atoms with Gasteiger partial charge in [0.05, 0.1) is 44.8 Å². The largest absolute Gasteiger partial charge is 0.481 e. The summed E-state index contributed by atoms with van der Waals surface area (Å²) >= 11 is 0. The number of carbonyl (C=O) groups is 2. The van der Waals surface area contributed by atoms with Gasteiger partial charge in [0, 0.05) is 26.7 Å². The van der Waals surface area contributed by atoms with E-state index >= 15 is 0 Å². The van der Waals surface area contributed by atoms with E-state index in [0.717, 1.165) is 0 Å². The van der Waals surface area contributed by atoms with E-state index in [-0.39, 0.29) is 25.5 Å². The highest BCUT2D eigenvalue weighted by atomic mass is 16.5. The molecule has 118 valence electrons. The van der Waals surface area contributed by atoms with Crippen molar-refractivity contribution in [1.29, 1.82) is 5.26 Å². The average molecular weight is 299 g/mol. The minimum atomic E-state index is -0.969. The number of rotatable bonds is 7. The molecule has 0 spiro atoms. The van der Waals surface area contributed by atoms with Crippen molar-refractivity contribution < 1.29 is 24.2 Å². The van der Waals surface area contributed by atoms with Crippen LogP contribution < -0.4 is 0 Å². The maximum Gasteiger partial charge on any atom is 0.320 e. The summed E-state index contributed by atoms with van der Waals surface area (Å²) in [5, 5.41) is 17.6. The van der Waals surface area contributed by atoms with E-state index in [1.165, 1.54) is 16.9 Å². The van der Waals surface area contributed by atoms with Crippen LogP contribution in [0.5, 0.6) is 0 Å². The van der Waals surface area contributed by atoms with E-state index in [2.05, 4.69) is 0 Å². The van der Waals surface area contributed by atoms with Crippen LogP contribution >= 0.6 is 0 Å². The van der Waals surface area contributed by atoms with Crippen molar-refractivity contribution in [2.45, 2.75) is 18.9 Å². The topological polar surface area (TPSA) is 103 Å². The lowest BCUT2D eigenvalue weighted by Crippen LogP contribution is -2.54. The average Bonchev–Trinajstić information content (AvgIpc) is 2.47. The minimum absolute atomic E-state index is 0.151. The summed E-state index contributed by atoms with van der Waals surface area (Å²) in [5.41, 5.74) is 0. The Hall–Kier alpha value is -1.85. The van der Waals surface area contributed by atoms with Gasteiger partial charge < -0.3 is 24.4 Å². The third-order valence-corrected chi connectivity index (χ3v) is 3.21. The summed E-state index contributed by atoms with van der Waals surface area (Å²) < 4.78 is 10.2. The van der Waals surface area contributed by atoms with Gasteiger partial charge in [-0.15, -0.1) is 0 Å². The maximum atomic E-state index is 12.5. The van der Waals surface area contributed by atoms with Crippen molar-refractivity contribution in [1.82, 2.24) is 9.80 Å². The lowest BCUT2D eigenvalue weighted by Gasteiger charge is -2.38. The van der Waals surface area contributed by atoms with Gasteiger partial charge in [-0.2, -0.15) is 5.26 Å². The van der Waals surface area contributed by atoms with Gasteiger partial charge in [0.2, 0.25) is 0 Å². The minimum Gasteiger partial charge on any atom is -0.481 e. The molecule has 0 aromatic carbocycles. The number of morpholine rings is 1. The molecule has 8 nitrogen and oxygen atoms in total. The van der Waals surface area contributed by atoms with Crippen molar-refractivity contribution in [2.75, 3.05) is 46.6 Å². The lowest BCUT2D eigenvalue weighted by atomic mass is 10.1. The number of carbonyl (C=O) groups excluding carboxylic acids is 1. The zero-order valence-corrected chi connectivity index (χ0v) is 12.2. The molecule has 1 fully saturated rings. The first-order chi connectivity index (χ1) is 10.1. The van der Waals surface area contributed by atoms with Crippen molar-refractivity contribution in [3.63, 3.8) is 0 Å². The molecule has 0 radical (unpaired) electrons. The Morgan fingerprint density at radius 3 is 2.90 bits per heavy atom. The standard InChI is InChI=1S/C13H21N3O5/c1-20-7-5-15(4-2-3-14)13(19)16-6-8-21-10-11(16)9-12(17)18/h11H,2,4-10H2,1H3,(H,17,18). The smallest absolute Gasteiger partial charge is 0.320 e. The molecule has 21 heavy (non-hydrogen) atoms. The molecule has 1 saturated heterocycles. The van der Waals surface area contributed by atoms with Gasteiger partial charge in [-0.25, -0.2) is 4.79 Å². The molecule has 1 atom stereocenters. The highest BCUT2D eigenvalue weighted by Gasteiger charge is 2.31. The zero-order valence-electron chi connectivity index (χ0n) is 12.2. The van der Waals surface area contributed by atoms with Gasteiger partial charge in [0.1, 0.15) is 0 Å². The highest BCUT2D eigenvalue weighted by Crippen LogP contribution is 2.14. The van der Waals surface area contributed by atoms with Gasteiger partial charge in [0.25, 0.3) is 0 Å². The molecule has 8 heteroatoms. The fourth-order valence-electron chi connectivity index (χ4n) is 2.15. The van der Waals surface area contributed by atoms with Gasteiger partial charge in [-0.3, -0.25) is 4.79 Å². The second-order valence-corrected chi connectivity index (χ2v) is 4.69. The molecule has 1 heterocycles. The van der Waals surface area contributed by atoms with Crippen LogP contribution in [0, 0.1) is 11.3 Å². The van der Waals surface area contributed by atoms with Gasteiger partial charge in [0.15, 0.2) is 0 Å². The number of ether oxygens (including phenoxy) is 2. The van der Waals surface area contributed by atoms with Crippen molar-refractivity contribution in [3.05, 3.63) is 0 Å². The van der Waals surface area contributed by atoms with Crippen molar-refractivity contribution in [3.8, 4) is 6.07 Å². The quantitative estimate of drug-likeness (QED) is 0.717. The zero-order chi connectivity index (χ0) is 15.7. The normalized spacial score (nSPS) is 18.1. The Morgan fingerprint density at radius 2 is 2.29 bits per heavy atom. The summed E-state index contributed by atoms with van der Waals surface area (Å²) in [7, 11) is 1.54. The van der Waals surface area contributed by atoms with E-state index in [1.807, 2.05) is 6.07 Å². The molecular formula is C13H21N3O5. The predicted molar refractivity (Wildman–Crippen MR) is 72.6 cm³/mol. The van der Waals surface area contributed by atoms with Crippen molar-refractivity contribution in [2.24, 2.45) is 0 Å². The molecule has 1 unspecified atom stereocenters. The second kappa shape index (κ2) is 9.15. The number of methoxy groups -OCH3 is 1. The number of urea groups is 1. The van der Waals surface area contributed by atoms with E-state index in [4.69, 9.17) is 19.8 Å². The van der Waals surface area contributed by atoms with Gasteiger partial charge in [-0.1, -0.05) is 0 Å². The molecule has 1 aliphatic heterocycles. The molecular weight excluding hydrogens is 278 g/mol. The molecule has 0 aliphatic carbocycles. The number of carboxylic acids is 1. The monoisotopic (exact) mass is 299 g/mol. The molecule has 1 rings (SSSR count). The Kier molecular flexibility index (Phi) is 7.50. The van der Waals surface area contributed by atoms with Crippen LogP contribution in [0.1, 0.15) is 12.8 Å². The third kappa shape index (κ3) is 5.57. The molecule has 1 aliphatic rings. The third-order valence-electron chi connectivity index (χ3n) is 3.21. The van der Waals surface area contributed by atoms with Crippen LogP contribution in [0.25, 0.3) is 0 Å². The fraction of sp³-hybridized carbons (Fsp3) is 0.769.